The number of thioether (sulfide) groups is 1. The Morgan fingerprint density at radius 3 is 2.73 bits per heavy atom. The SMILES string of the molecule is C=CC=CC(=O)NC(SCCC)C(=O)O. The lowest BCUT2D eigenvalue weighted by Gasteiger charge is -2.11. The van der Waals surface area contributed by atoms with Crippen LogP contribution in [0.5, 0.6) is 0 Å². The second kappa shape index (κ2) is 8.11. The minimum absolute atomic E-state index is 0.425. The van der Waals surface area contributed by atoms with E-state index in [0.717, 1.165) is 6.42 Å². The van der Waals surface area contributed by atoms with Crippen molar-refractivity contribution in [2.45, 2.75) is 18.7 Å². The number of carboxylic acids is 1. The van der Waals surface area contributed by atoms with Crippen molar-refractivity contribution in [1.29, 1.82) is 0 Å². The van der Waals surface area contributed by atoms with Crippen molar-refractivity contribution in [3.05, 3.63) is 24.8 Å². The number of allylic oxidation sites excluding steroid dienone is 2. The van der Waals surface area contributed by atoms with E-state index in [2.05, 4.69) is 11.9 Å². The Balaban J connectivity index is 4.15. The molecule has 15 heavy (non-hydrogen) atoms. The van der Waals surface area contributed by atoms with Crippen LogP contribution >= 0.6 is 11.8 Å². The number of nitrogens with one attached hydrogen (secondary N) is 1. The van der Waals surface area contributed by atoms with Gasteiger partial charge >= 0.3 is 5.97 Å². The molecule has 2 N–H and O–H groups in total. The molecule has 0 heterocycles. The highest BCUT2D eigenvalue weighted by Crippen LogP contribution is 2.09. The van der Waals surface area contributed by atoms with Gasteiger partial charge < -0.3 is 10.4 Å². The van der Waals surface area contributed by atoms with E-state index in [1.807, 2.05) is 6.92 Å². The first-order valence-electron chi connectivity index (χ1n) is 4.55. The Morgan fingerprint density at radius 2 is 2.27 bits per heavy atom. The molecule has 4 nitrogen and oxygen atoms in total. The normalized spacial score (nSPS) is 12.3. The Labute approximate surface area is 93.4 Å². The molecule has 0 radical (unpaired) electrons. The lowest BCUT2D eigenvalue weighted by molar-refractivity contribution is -0.138. The van der Waals surface area contributed by atoms with Crippen molar-refractivity contribution in [3.63, 3.8) is 0 Å². The highest BCUT2D eigenvalue weighted by atomic mass is 32.2. The Bertz CT molecular complexity index is 263. The van der Waals surface area contributed by atoms with Gasteiger partial charge in [-0.05, 0) is 12.2 Å². The molecule has 0 aromatic carbocycles. The summed E-state index contributed by atoms with van der Waals surface area (Å²) in [6.45, 7) is 5.36. The van der Waals surface area contributed by atoms with Gasteiger partial charge in [-0.25, -0.2) is 4.79 Å². The van der Waals surface area contributed by atoms with Gasteiger partial charge in [0.1, 0.15) is 0 Å². The first kappa shape index (κ1) is 13.8. The fourth-order valence-electron chi connectivity index (χ4n) is 0.743. The van der Waals surface area contributed by atoms with Gasteiger partial charge in [0, 0.05) is 6.08 Å². The maximum atomic E-state index is 11.2. The van der Waals surface area contributed by atoms with Crippen LogP contribution in [0.2, 0.25) is 0 Å². The molecule has 1 amide bonds. The molecule has 0 aliphatic carbocycles. The van der Waals surface area contributed by atoms with E-state index >= 15 is 0 Å². The molecular weight excluding hydrogens is 214 g/mol. The molecule has 0 spiro atoms. The van der Waals surface area contributed by atoms with Gasteiger partial charge in [-0.15, -0.1) is 11.8 Å². The molecule has 1 atom stereocenters. The van der Waals surface area contributed by atoms with Crippen LogP contribution in [-0.4, -0.2) is 28.1 Å². The number of hydrogen-bond acceptors (Lipinski definition) is 3. The summed E-state index contributed by atoms with van der Waals surface area (Å²) in [5, 5.41) is 10.3. The molecule has 1 unspecified atom stereocenters. The summed E-state index contributed by atoms with van der Waals surface area (Å²) in [5.74, 6) is -0.762. The van der Waals surface area contributed by atoms with Crippen LogP contribution in [0.3, 0.4) is 0 Å². The van der Waals surface area contributed by atoms with E-state index in [9.17, 15) is 9.59 Å². The van der Waals surface area contributed by atoms with E-state index < -0.39 is 17.3 Å². The van der Waals surface area contributed by atoms with Crippen LogP contribution in [0.1, 0.15) is 13.3 Å². The molecule has 5 heteroatoms. The van der Waals surface area contributed by atoms with Gasteiger partial charge in [-0.1, -0.05) is 25.7 Å². The fourth-order valence-corrected chi connectivity index (χ4v) is 1.56. The van der Waals surface area contributed by atoms with Crippen molar-refractivity contribution in [2.24, 2.45) is 0 Å². The number of amides is 1. The van der Waals surface area contributed by atoms with Crippen molar-refractivity contribution in [1.82, 2.24) is 5.32 Å². The largest absolute Gasteiger partial charge is 0.479 e. The zero-order valence-electron chi connectivity index (χ0n) is 8.60. The first-order chi connectivity index (χ1) is 7.11. The van der Waals surface area contributed by atoms with E-state index in [1.165, 1.54) is 30.0 Å². The second-order valence-corrected chi connectivity index (χ2v) is 3.91. The van der Waals surface area contributed by atoms with Gasteiger partial charge in [-0.3, -0.25) is 4.79 Å². The smallest absolute Gasteiger partial charge is 0.336 e. The molecule has 84 valence electrons. The zero-order chi connectivity index (χ0) is 11.7. The Morgan fingerprint density at radius 1 is 1.60 bits per heavy atom. The monoisotopic (exact) mass is 229 g/mol. The number of hydrogen-bond donors (Lipinski definition) is 2. The third-order valence-electron chi connectivity index (χ3n) is 1.37. The molecule has 0 aromatic heterocycles. The summed E-state index contributed by atoms with van der Waals surface area (Å²) < 4.78 is 0. The van der Waals surface area contributed by atoms with E-state index in [1.54, 1.807) is 0 Å². The average molecular weight is 229 g/mol. The van der Waals surface area contributed by atoms with Gasteiger partial charge in [0.05, 0.1) is 0 Å². The molecule has 0 fully saturated rings. The summed E-state index contributed by atoms with van der Waals surface area (Å²) in [4.78, 5) is 21.9. The number of aliphatic carboxylic acids is 1. The molecule has 0 rings (SSSR count). The van der Waals surface area contributed by atoms with Crippen molar-refractivity contribution >= 4 is 23.6 Å². The van der Waals surface area contributed by atoms with Crippen molar-refractivity contribution in [3.8, 4) is 0 Å². The molecular formula is C10H15NO3S. The first-order valence-corrected chi connectivity index (χ1v) is 5.60. The highest BCUT2D eigenvalue weighted by Gasteiger charge is 2.18. The van der Waals surface area contributed by atoms with Crippen LogP contribution in [-0.2, 0) is 9.59 Å². The average Bonchev–Trinajstić information content (AvgIpc) is 2.20. The van der Waals surface area contributed by atoms with Crippen molar-refractivity contribution < 1.29 is 14.7 Å². The van der Waals surface area contributed by atoms with Gasteiger partial charge in [-0.2, -0.15) is 0 Å². The molecule has 0 saturated heterocycles. The van der Waals surface area contributed by atoms with Gasteiger partial charge in [0.15, 0.2) is 5.37 Å². The fraction of sp³-hybridized carbons (Fsp3) is 0.400. The molecule has 0 saturated carbocycles. The van der Waals surface area contributed by atoms with Crippen LogP contribution < -0.4 is 5.32 Å². The minimum Gasteiger partial charge on any atom is -0.479 e. The molecule has 0 aromatic rings. The molecule has 0 bridgehead atoms. The minimum atomic E-state index is -1.03. The van der Waals surface area contributed by atoms with Crippen LogP contribution in [0, 0.1) is 0 Å². The number of carboxylic acid groups (broad SMARTS) is 1. The standard InChI is InChI=1S/C10H15NO3S/c1-3-5-6-8(12)11-9(10(13)14)15-7-4-2/h3,5-6,9H,1,4,7H2,2H3,(H,11,12)(H,13,14). The maximum Gasteiger partial charge on any atom is 0.336 e. The highest BCUT2D eigenvalue weighted by molar-refractivity contribution is 8.00. The van der Waals surface area contributed by atoms with Gasteiger partial charge in [0.25, 0.3) is 0 Å². The lowest BCUT2D eigenvalue weighted by Crippen LogP contribution is -2.37. The quantitative estimate of drug-likeness (QED) is 0.393. The van der Waals surface area contributed by atoms with Crippen molar-refractivity contribution in [2.75, 3.05) is 5.75 Å². The van der Waals surface area contributed by atoms with Crippen LogP contribution in [0.25, 0.3) is 0 Å². The maximum absolute atomic E-state index is 11.2. The third-order valence-corrected chi connectivity index (χ3v) is 2.67. The summed E-state index contributed by atoms with van der Waals surface area (Å²) in [7, 11) is 0. The van der Waals surface area contributed by atoms with E-state index in [-0.39, 0.29) is 0 Å². The number of rotatable bonds is 7. The topological polar surface area (TPSA) is 66.4 Å². The second-order valence-electron chi connectivity index (χ2n) is 2.69. The predicted molar refractivity (Wildman–Crippen MR) is 61.7 cm³/mol. The van der Waals surface area contributed by atoms with Crippen LogP contribution in [0.15, 0.2) is 24.8 Å². The molecule has 0 aliphatic rings. The summed E-state index contributed by atoms with van der Waals surface area (Å²) in [6, 6.07) is 0. The van der Waals surface area contributed by atoms with E-state index in [4.69, 9.17) is 5.11 Å². The lowest BCUT2D eigenvalue weighted by atomic mass is 10.4. The zero-order valence-corrected chi connectivity index (χ0v) is 9.42. The Kier molecular flexibility index (Phi) is 7.44. The summed E-state index contributed by atoms with van der Waals surface area (Å²) >= 11 is 1.20. The summed E-state index contributed by atoms with van der Waals surface area (Å²) in [5.41, 5.74) is 0. The third kappa shape index (κ3) is 6.79. The molecule has 0 aliphatic heterocycles. The number of carbonyl (C=O) groups excluding carboxylic acids is 1. The Hall–Kier alpha value is -1.23. The van der Waals surface area contributed by atoms with Gasteiger partial charge in [0.2, 0.25) is 5.91 Å². The number of carbonyl (C=O) groups is 2. The summed E-state index contributed by atoms with van der Waals surface area (Å²) in [6.07, 6.45) is 5.02. The van der Waals surface area contributed by atoms with Crippen LogP contribution in [0.4, 0.5) is 0 Å². The van der Waals surface area contributed by atoms with E-state index in [0.29, 0.717) is 5.75 Å². The predicted octanol–water partition coefficient (Wildman–Crippen LogP) is 1.40.